The van der Waals surface area contributed by atoms with Gasteiger partial charge in [-0.25, -0.2) is 4.79 Å². The standard InChI is InChI=1S/C14H17NO4/c1-4-19-14(17)13(15-10(2)16)9-11-5-7-12(18-3)8-6-11/h5-9H,4H2,1-3H3,(H,15,16)/b13-9+. The van der Waals surface area contributed by atoms with Crippen LogP contribution in [0.15, 0.2) is 30.0 Å². The van der Waals surface area contributed by atoms with Crippen LogP contribution in [0.4, 0.5) is 0 Å². The lowest BCUT2D eigenvalue weighted by atomic mass is 10.2. The Kier molecular flexibility index (Phi) is 5.60. The minimum absolute atomic E-state index is 0.111. The van der Waals surface area contributed by atoms with Crippen molar-refractivity contribution >= 4 is 18.0 Å². The van der Waals surface area contributed by atoms with E-state index in [1.807, 2.05) is 0 Å². The van der Waals surface area contributed by atoms with Crippen molar-refractivity contribution in [2.75, 3.05) is 13.7 Å². The molecule has 102 valence electrons. The number of methoxy groups -OCH3 is 1. The van der Waals surface area contributed by atoms with Crippen molar-refractivity contribution in [3.05, 3.63) is 35.5 Å². The lowest BCUT2D eigenvalue weighted by molar-refractivity contribution is -0.139. The highest BCUT2D eigenvalue weighted by atomic mass is 16.5. The average Bonchev–Trinajstić information content (AvgIpc) is 2.38. The minimum atomic E-state index is -0.562. The molecule has 0 bridgehead atoms. The van der Waals surface area contributed by atoms with Crippen molar-refractivity contribution in [3.8, 4) is 5.75 Å². The van der Waals surface area contributed by atoms with Crippen molar-refractivity contribution < 1.29 is 19.1 Å². The van der Waals surface area contributed by atoms with E-state index in [0.717, 1.165) is 11.3 Å². The van der Waals surface area contributed by atoms with E-state index in [9.17, 15) is 9.59 Å². The molecule has 19 heavy (non-hydrogen) atoms. The van der Waals surface area contributed by atoms with Gasteiger partial charge in [-0.3, -0.25) is 4.79 Å². The fourth-order valence-electron chi connectivity index (χ4n) is 1.41. The molecular formula is C14H17NO4. The third-order valence-electron chi connectivity index (χ3n) is 2.23. The summed E-state index contributed by atoms with van der Waals surface area (Å²) in [5.74, 6) is -0.171. The summed E-state index contributed by atoms with van der Waals surface area (Å²) in [6, 6.07) is 7.09. The lowest BCUT2D eigenvalue weighted by Gasteiger charge is -2.07. The summed E-state index contributed by atoms with van der Waals surface area (Å²) in [6.07, 6.45) is 1.55. The maximum atomic E-state index is 11.7. The summed E-state index contributed by atoms with van der Waals surface area (Å²) in [7, 11) is 1.58. The number of esters is 1. The fourth-order valence-corrected chi connectivity index (χ4v) is 1.41. The van der Waals surface area contributed by atoms with Gasteiger partial charge < -0.3 is 14.8 Å². The van der Waals surface area contributed by atoms with Crippen molar-refractivity contribution in [2.24, 2.45) is 0 Å². The van der Waals surface area contributed by atoms with Crippen molar-refractivity contribution in [3.63, 3.8) is 0 Å². The van der Waals surface area contributed by atoms with Crippen LogP contribution in [-0.4, -0.2) is 25.6 Å². The van der Waals surface area contributed by atoms with Crippen molar-refractivity contribution in [1.82, 2.24) is 5.32 Å². The highest BCUT2D eigenvalue weighted by Crippen LogP contribution is 2.13. The van der Waals surface area contributed by atoms with E-state index in [4.69, 9.17) is 9.47 Å². The van der Waals surface area contributed by atoms with E-state index >= 15 is 0 Å². The Morgan fingerprint density at radius 3 is 2.37 bits per heavy atom. The zero-order chi connectivity index (χ0) is 14.3. The highest BCUT2D eigenvalue weighted by molar-refractivity contribution is 5.97. The number of hydrogen-bond donors (Lipinski definition) is 1. The number of carbonyl (C=O) groups excluding carboxylic acids is 2. The molecule has 1 N–H and O–H groups in total. The SMILES string of the molecule is CCOC(=O)/C(=C\c1ccc(OC)cc1)NC(C)=O. The average molecular weight is 263 g/mol. The number of carbonyl (C=O) groups is 2. The van der Waals surface area contributed by atoms with E-state index < -0.39 is 5.97 Å². The Bertz CT molecular complexity index is 477. The first-order chi connectivity index (χ1) is 9.06. The van der Waals surface area contributed by atoms with E-state index in [1.165, 1.54) is 6.92 Å². The first kappa shape index (κ1) is 14.8. The van der Waals surface area contributed by atoms with E-state index in [0.29, 0.717) is 0 Å². The minimum Gasteiger partial charge on any atom is -0.497 e. The Hall–Kier alpha value is -2.30. The smallest absolute Gasteiger partial charge is 0.354 e. The van der Waals surface area contributed by atoms with Crippen LogP contribution < -0.4 is 10.1 Å². The van der Waals surface area contributed by atoms with Crippen LogP contribution in [-0.2, 0) is 14.3 Å². The van der Waals surface area contributed by atoms with Crippen molar-refractivity contribution in [2.45, 2.75) is 13.8 Å². The maximum absolute atomic E-state index is 11.7. The van der Waals surface area contributed by atoms with Gasteiger partial charge in [0, 0.05) is 6.92 Å². The van der Waals surface area contributed by atoms with Gasteiger partial charge in [0.15, 0.2) is 0 Å². The topological polar surface area (TPSA) is 64.6 Å². The third kappa shape index (κ3) is 4.83. The van der Waals surface area contributed by atoms with Crippen LogP contribution in [0, 0.1) is 0 Å². The molecule has 0 saturated heterocycles. The van der Waals surface area contributed by atoms with Crippen LogP contribution in [0.3, 0.4) is 0 Å². The number of amides is 1. The predicted molar refractivity (Wildman–Crippen MR) is 71.4 cm³/mol. The number of hydrogen-bond acceptors (Lipinski definition) is 4. The van der Waals surface area contributed by atoms with Crippen LogP contribution >= 0.6 is 0 Å². The Morgan fingerprint density at radius 2 is 1.89 bits per heavy atom. The summed E-state index contributed by atoms with van der Waals surface area (Å²) in [6.45, 7) is 3.29. The van der Waals surface area contributed by atoms with Gasteiger partial charge in [-0.05, 0) is 30.7 Å². The third-order valence-corrected chi connectivity index (χ3v) is 2.23. The monoisotopic (exact) mass is 263 g/mol. The molecule has 1 aromatic rings. The zero-order valence-electron chi connectivity index (χ0n) is 11.2. The summed E-state index contributed by atoms with van der Waals surface area (Å²) in [5.41, 5.74) is 0.872. The molecule has 5 heteroatoms. The molecule has 0 unspecified atom stereocenters. The van der Waals surface area contributed by atoms with Crippen LogP contribution in [0.2, 0.25) is 0 Å². The molecule has 0 aromatic heterocycles. The zero-order valence-corrected chi connectivity index (χ0v) is 11.2. The van der Waals surface area contributed by atoms with E-state index in [1.54, 1.807) is 44.4 Å². The van der Waals surface area contributed by atoms with Crippen LogP contribution in [0.1, 0.15) is 19.4 Å². The molecule has 5 nitrogen and oxygen atoms in total. The molecule has 0 aliphatic rings. The van der Waals surface area contributed by atoms with Gasteiger partial charge in [0.1, 0.15) is 11.4 Å². The summed E-state index contributed by atoms with van der Waals surface area (Å²) < 4.78 is 9.92. The van der Waals surface area contributed by atoms with Crippen molar-refractivity contribution in [1.29, 1.82) is 0 Å². The fraction of sp³-hybridized carbons (Fsp3) is 0.286. The first-order valence-electron chi connectivity index (χ1n) is 5.87. The number of rotatable bonds is 5. The largest absolute Gasteiger partial charge is 0.497 e. The van der Waals surface area contributed by atoms with Gasteiger partial charge in [-0.15, -0.1) is 0 Å². The van der Waals surface area contributed by atoms with Gasteiger partial charge in [0.05, 0.1) is 13.7 Å². The molecule has 0 saturated carbocycles. The lowest BCUT2D eigenvalue weighted by Crippen LogP contribution is -2.26. The molecule has 1 rings (SSSR count). The highest BCUT2D eigenvalue weighted by Gasteiger charge is 2.11. The van der Waals surface area contributed by atoms with Crippen LogP contribution in [0.25, 0.3) is 6.08 Å². The number of ether oxygens (including phenoxy) is 2. The second-order valence-electron chi connectivity index (χ2n) is 3.73. The van der Waals surface area contributed by atoms with Gasteiger partial charge in [0.25, 0.3) is 0 Å². The van der Waals surface area contributed by atoms with E-state index in [2.05, 4.69) is 5.32 Å². The van der Waals surface area contributed by atoms with Gasteiger partial charge in [-0.1, -0.05) is 12.1 Å². The number of nitrogens with one attached hydrogen (secondary N) is 1. The normalized spacial score (nSPS) is 10.8. The molecule has 0 aliphatic carbocycles. The molecule has 0 atom stereocenters. The van der Waals surface area contributed by atoms with Gasteiger partial charge in [0.2, 0.25) is 5.91 Å². The molecule has 1 amide bonds. The summed E-state index contributed by atoms with van der Waals surface area (Å²) >= 11 is 0. The quantitative estimate of drug-likeness (QED) is 0.649. The van der Waals surface area contributed by atoms with Gasteiger partial charge in [-0.2, -0.15) is 0 Å². The Balaban J connectivity index is 2.96. The molecular weight excluding hydrogens is 246 g/mol. The molecule has 0 aliphatic heterocycles. The maximum Gasteiger partial charge on any atom is 0.354 e. The first-order valence-corrected chi connectivity index (χ1v) is 5.87. The van der Waals surface area contributed by atoms with E-state index in [-0.39, 0.29) is 18.2 Å². The predicted octanol–water partition coefficient (Wildman–Crippen LogP) is 1.74. The van der Waals surface area contributed by atoms with Gasteiger partial charge >= 0.3 is 5.97 Å². The molecule has 0 spiro atoms. The Labute approximate surface area is 112 Å². The summed E-state index contributed by atoms with van der Waals surface area (Å²) in [5, 5.41) is 2.46. The summed E-state index contributed by atoms with van der Waals surface area (Å²) in [4.78, 5) is 22.8. The second-order valence-corrected chi connectivity index (χ2v) is 3.73. The molecule has 0 fully saturated rings. The second kappa shape index (κ2) is 7.20. The Morgan fingerprint density at radius 1 is 1.26 bits per heavy atom. The molecule has 0 heterocycles. The molecule has 0 radical (unpaired) electrons. The number of benzene rings is 1. The molecule has 1 aromatic carbocycles. The van der Waals surface area contributed by atoms with Crippen LogP contribution in [0.5, 0.6) is 5.75 Å².